The Kier molecular flexibility index (Phi) is 3.01. The summed E-state index contributed by atoms with van der Waals surface area (Å²) in [5, 5.41) is 12.2. The summed E-state index contributed by atoms with van der Waals surface area (Å²) in [5.74, 6) is 0.925. The summed E-state index contributed by atoms with van der Waals surface area (Å²) in [7, 11) is 2.22. The van der Waals surface area contributed by atoms with Crippen molar-refractivity contribution in [2.24, 2.45) is 0 Å². The van der Waals surface area contributed by atoms with Crippen molar-refractivity contribution in [3.05, 3.63) is 35.7 Å². The molecule has 0 unspecified atom stereocenters. The molecule has 6 nitrogen and oxygen atoms in total. The van der Waals surface area contributed by atoms with E-state index in [0.717, 1.165) is 31.1 Å². The largest absolute Gasteiger partial charge is 0.301 e. The van der Waals surface area contributed by atoms with Gasteiger partial charge in [-0.2, -0.15) is 4.68 Å². The number of benzene rings is 1. The second-order valence-corrected chi connectivity index (χ2v) is 6.25. The van der Waals surface area contributed by atoms with E-state index in [4.69, 9.17) is 0 Å². The monoisotopic (exact) mass is 284 g/mol. The molecule has 0 spiro atoms. The zero-order valence-corrected chi connectivity index (χ0v) is 12.5. The minimum atomic E-state index is 0.656. The SMILES string of the molecule is Cc1ccc(-n2nnnc2CN2C[C@@H]3C[C@H]2CN3C)cc1. The summed E-state index contributed by atoms with van der Waals surface area (Å²) >= 11 is 0. The van der Waals surface area contributed by atoms with Crippen LogP contribution in [0.4, 0.5) is 0 Å². The average Bonchev–Trinajstić information content (AvgIpc) is 3.16. The third kappa shape index (κ3) is 2.24. The Morgan fingerprint density at radius 3 is 2.62 bits per heavy atom. The molecule has 2 aromatic rings. The van der Waals surface area contributed by atoms with Gasteiger partial charge in [-0.15, -0.1) is 5.10 Å². The van der Waals surface area contributed by atoms with E-state index in [9.17, 15) is 0 Å². The Morgan fingerprint density at radius 2 is 1.95 bits per heavy atom. The van der Waals surface area contributed by atoms with Crippen molar-refractivity contribution in [1.29, 1.82) is 0 Å². The molecule has 1 aromatic carbocycles. The van der Waals surface area contributed by atoms with Gasteiger partial charge in [-0.05, 0) is 43.0 Å². The van der Waals surface area contributed by atoms with E-state index < -0.39 is 0 Å². The topological polar surface area (TPSA) is 50.1 Å². The molecule has 0 radical (unpaired) electrons. The maximum atomic E-state index is 4.23. The lowest BCUT2D eigenvalue weighted by Gasteiger charge is -2.31. The van der Waals surface area contributed by atoms with Crippen molar-refractivity contribution in [3.63, 3.8) is 0 Å². The Bertz CT molecular complexity index is 632. The fourth-order valence-electron chi connectivity index (χ4n) is 3.51. The number of tetrazole rings is 1. The fourth-order valence-corrected chi connectivity index (χ4v) is 3.51. The number of hydrogen-bond acceptors (Lipinski definition) is 5. The van der Waals surface area contributed by atoms with Crippen LogP contribution in [-0.4, -0.2) is 62.2 Å². The lowest BCUT2D eigenvalue weighted by atomic mass is 10.2. The highest BCUT2D eigenvalue weighted by atomic mass is 15.6. The maximum absolute atomic E-state index is 4.23. The molecule has 2 atom stereocenters. The van der Waals surface area contributed by atoms with E-state index in [-0.39, 0.29) is 0 Å². The van der Waals surface area contributed by atoms with Crippen LogP contribution in [0, 0.1) is 6.92 Å². The van der Waals surface area contributed by atoms with E-state index in [2.05, 4.69) is 63.6 Å². The van der Waals surface area contributed by atoms with Crippen molar-refractivity contribution < 1.29 is 0 Å². The molecule has 21 heavy (non-hydrogen) atoms. The third-order valence-electron chi connectivity index (χ3n) is 4.79. The first-order valence-corrected chi connectivity index (χ1v) is 7.49. The summed E-state index contributed by atoms with van der Waals surface area (Å²) in [5.41, 5.74) is 2.27. The second kappa shape index (κ2) is 4.89. The molecule has 2 bridgehead atoms. The van der Waals surface area contributed by atoms with Crippen LogP contribution < -0.4 is 0 Å². The van der Waals surface area contributed by atoms with Crippen LogP contribution >= 0.6 is 0 Å². The average molecular weight is 284 g/mol. The molecule has 2 aliphatic rings. The van der Waals surface area contributed by atoms with Crippen LogP contribution in [0.5, 0.6) is 0 Å². The fraction of sp³-hybridized carbons (Fsp3) is 0.533. The van der Waals surface area contributed by atoms with Gasteiger partial charge < -0.3 is 4.90 Å². The van der Waals surface area contributed by atoms with Gasteiger partial charge in [0.25, 0.3) is 0 Å². The molecule has 4 rings (SSSR count). The summed E-state index contributed by atoms with van der Waals surface area (Å²) < 4.78 is 1.86. The van der Waals surface area contributed by atoms with Gasteiger partial charge >= 0.3 is 0 Å². The first-order valence-electron chi connectivity index (χ1n) is 7.49. The molecule has 3 heterocycles. The summed E-state index contributed by atoms with van der Waals surface area (Å²) in [6, 6.07) is 9.68. The van der Waals surface area contributed by atoms with Gasteiger partial charge in [-0.1, -0.05) is 17.7 Å². The lowest BCUT2D eigenvalue weighted by Crippen LogP contribution is -2.44. The number of nitrogens with zero attached hydrogens (tertiary/aromatic N) is 6. The predicted molar refractivity (Wildman–Crippen MR) is 79.1 cm³/mol. The van der Waals surface area contributed by atoms with Gasteiger partial charge in [0.15, 0.2) is 5.82 Å². The molecular weight excluding hydrogens is 264 g/mol. The van der Waals surface area contributed by atoms with Crippen LogP contribution in [-0.2, 0) is 6.54 Å². The predicted octanol–water partition coefficient (Wildman–Crippen LogP) is 0.859. The summed E-state index contributed by atoms with van der Waals surface area (Å²) in [6.45, 7) is 5.20. The van der Waals surface area contributed by atoms with Gasteiger partial charge in [0.2, 0.25) is 0 Å². The highest BCUT2D eigenvalue weighted by molar-refractivity contribution is 5.33. The Balaban J connectivity index is 1.55. The van der Waals surface area contributed by atoms with Crippen LogP contribution in [0.15, 0.2) is 24.3 Å². The molecule has 110 valence electrons. The highest BCUT2D eigenvalue weighted by Crippen LogP contribution is 2.30. The zero-order chi connectivity index (χ0) is 14.4. The van der Waals surface area contributed by atoms with Crippen molar-refractivity contribution >= 4 is 0 Å². The first kappa shape index (κ1) is 12.9. The van der Waals surface area contributed by atoms with Crippen LogP contribution in [0.1, 0.15) is 17.8 Å². The number of likely N-dealkylation sites (N-methyl/N-ethyl adjacent to an activating group) is 1. The van der Waals surface area contributed by atoms with E-state index in [0.29, 0.717) is 12.1 Å². The van der Waals surface area contributed by atoms with Crippen molar-refractivity contribution in [1.82, 2.24) is 30.0 Å². The second-order valence-electron chi connectivity index (χ2n) is 6.25. The third-order valence-corrected chi connectivity index (χ3v) is 4.79. The number of aromatic nitrogens is 4. The number of aryl methyl sites for hydroxylation is 1. The summed E-state index contributed by atoms with van der Waals surface area (Å²) in [6.07, 6.45) is 1.28. The number of likely N-dealkylation sites (tertiary alicyclic amines) is 2. The molecule has 0 saturated carbocycles. The van der Waals surface area contributed by atoms with E-state index in [1.54, 1.807) is 0 Å². The van der Waals surface area contributed by atoms with Crippen molar-refractivity contribution in [2.45, 2.75) is 32.0 Å². The molecular formula is C15H20N6. The Hall–Kier alpha value is -1.79. The summed E-state index contributed by atoms with van der Waals surface area (Å²) in [4.78, 5) is 4.98. The molecule has 6 heteroatoms. The Labute approximate surface area is 124 Å². The maximum Gasteiger partial charge on any atom is 0.170 e. The Morgan fingerprint density at radius 1 is 1.14 bits per heavy atom. The zero-order valence-electron chi connectivity index (χ0n) is 12.5. The molecule has 2 saturated heterocycles. The van der Waals surface area contributed by atoms with Gasteiger partial charge in [0, 0.05) is 25.2 Å². The molecule has 2 aliphatic heterocycles. The van der Waals surface area contributed by atoms with Gasteiger partial charge in [-0.25, -0.2) is 0 Å². The van der Waals surface area contributed by atoms with Gasteiger partial charge in [0.05, 0.1) is 12.2 Å². The quantitative estimate of drug-likeness (QED) is 0.836. The molecule has 2 fully saturated rings. The van der Waals surface area contributed by atoms with E-state index in [1.807, 2.05) is 4.68 Å². The van der Waals surface area contributed by atoms with Gasteiger partial charge in [-0.3, -0.25) is 4.90 Å². The molecule has 0 amide bonds. The minimum absolute atomic E-state index is 0.656. The minimum Gasteiger partial charge on any atom is -0.301 e. The first-order chi connectivity index (χ1) is 10.2. The normalized spacial score (nSPS) is 25.8. The smallest absolute Gasteiger partial charge is 0.170 e. The van der Waals surface area contributed by atoms with E-state index >= 15 is 0 Å². The van der Waals surface area contributed by atoms with Crippen LogP contribution in [0.25, 0.3) is 5.69 Å². The van der Waals surface area contributed by atoms with Gasteiger partial charge in [0.1, 0.15) is 0 Å². The highest BCUT2D eigenvalue weighted by Gasteiger charge is 2.41. The number of fused-ring (bicyclic) bond motifs is 2. The van der Waals surface area contributed by atoms with Crippen LogP contribution in [0.2, 0.25) is 0 Å². The van der Waals surface area contributed by atoms with Crippen molar-refractivity contribution in [2.75, 3.05) is 20.1 Å². The molecule has 0 aliphatic carbocycles. The number of rotatable bonds is 3. The lowest BCUT2D eigenvalue weighted by molar-refractivity contribution is 0.140. The number of piperazine rings is 1. The molecule has 1 aromatic heterocycles. The van der Waals surface area contributed by atoms with Crippen LogP contribution in [0.3, 0.4) is 0 Å². The van der Waals surface area contributed by atoms with E-state index in [1.165, 1.54) is 12.0 Å². The number of hydrogen-bond donors (Lipinski definition) is 0. The standard InChI is InChI=1S/C15H20N6/c1-11-3-5-12(6-4-11)21-15(16-17-18-21)10-20-9-13-7-14(20)8-19(13)2/h3-6,13-14H,7-10H2,1-2H3/t13-,14-/m0/s1. The molecule has 0 N–H and O–H groups in total. The van der Waals surface area contributed by atoms with Crippen molar-refractivity contribution in [3.8, 4) is 5.69 Å².